The van der Waals surface area contributed by atoms with E-state index >= 15 is 0 Å². The Balaban J connectivity index is 0.00000156. The summed E-state index contributed by atoms with van der Waals surface area (Å²) in [7, 11) is 0. The molecule has 0 aliphatic carbocycles. The van der Waals surface area contributed by atoms with Crippen molar-refractivity contribution in [1.29, 1.82) is 0 Å². The van der Waals surface area contributed by atoms with Crippen molar-refractivity contribution in [2.45, 2.75) is 37.8 Å². The summed E-state index contributed by atoms with van der Waals surface area (Å²) in [4.78, 5) is 23.1. The Morgan fingerprint density at radius 3 is 2.60 bits per heavy atom. The summed E-state index contributed by atoms with van der Waals surface area (Å²) in [5, 5.41) is 3.11. The summed E-state index contributed by atoms with van der Waals surface area (Å²) in [5.41, 5.74) is 6.15. The molecule has 142 valence electrons. The first-order valence-corrected chi connectivity index (χ1v) is 8.39. The van der Waals surface area contributed by atoms with E-state index in [0.717, 1.165) is 44.7 Å². The number of nitrogens with two attached hydrogens (primary N) is 1. The van der Waals surface area contributed by atoms with Crippen LogP contribution in [0.2, 0.25) is 0 Å². The number of hydrogen-bond acceptors (Lipinski definition) is 6. The third-order valence-electron chi connectivity index (χ3n) is 4.68. The summed E-state index contributed by atoms with van der Waals surface area (Å²) >= 11 is 0. The number of piperidine rings is 1. The van der Waals surface area contributed by atoms with E-state index < -0.39 is 6.04 Å². The molecule has 2 unspecified atom stereocenters. The van der Waals surface area contributed by atoms with E-state index in [1.54, 1.807) is 18.5 Å². The Labute approximate surface area is 160 Å². The Bertz CT molecular complexity index is 517. The van der Waals surface area contributed by atoms with Gasteiger partial charge in [-0.15, -0.1) is 24.8 Å². The number of carbonyl (C=O) groups excluding carboxylic acids is 1. The second kappa shape index (κ2) is 10.8. The number of halogens is 2. The van der Waals surface area contributed by atoms with Gasteiger partial charge in [-0.2, -0.15) is 0 Å². The van der Waals surface area contributed by atoms with Crippen LogP contribution in [-0.2, 0) is 9.53 Å². The fraction of sp³-hybridized carbons (Fsp3) is 0.688. The Kier molecular flexibility index (Phi) is 9.42. The molecule has 7 nitrogen and oxygen atoms in total. The molecule has 0 saturated carbocycles. The maximum atomic E-state index is 12.4. The molecule has 2 fully saturated rings. The smallest absolute Gasteiger partial charge is 0.237 e. The molecule has 2 aliphatic heterocycles. The first-order valence-electron chi connectivity index (χ1n) is 8.39. The van der Waals surface area contributed by atoms with Gasteiger partial charge >= 0.3 is 0 Å². The number of ether oxygens (including phenoxy) is 1. The van der Waals surface area contributed by atoms with E-state index in [1.165, 1.54) is 0 Å². The minimum atomic E-state index is -0.442. The predicted octanol–water partition coefficient (Wildman–Crippen LogP) is 1.16. The van der Waals surface area contributed by atoms with Gasteiger partial charge in [-0.25, -0.2) is 9.97 Å². The maximum Gasteiger partial charge on any atom is 0.237 e. The lowest BCUT2D eigenvalue weighted by Crippen LogP contribution is -2.54. The minimum Gasteiger partial charge on any atom is -0.381 e. The van der Waals surface area contributed by atoms with Crippen molar-refractivity contribution in [2.75, 3.05) is 31.2 Å². The van der Waals surface area contributed by atoms with Crippen molar-refractivity contribution in [3.8, 4) is 0 Å². The van der Waals surface area contributed by atoms with E-state index in [9.17, 15) is 4.79 Å². The van der Waals surface area contributed by atoms with Crippen LogP contribution in [0.4, 0.5) is 5.95 Å². The van der Waals surface area contributed by atoms with Gasteiger partial charge in [0.2, 0.25) is 11.9 Å². The van der Waals surface area contributed by atoms with E-state index in [1.807, 2.05) is 0 Å². The molecule has 0 aromatic carbocycles. The van der Waals surface area contributed by atoms with Crippen LogP contribution in [0.3, 0.4) is 0 Å². The summed E-state index contributed by atoms with van der Waals surface area (Å²) in [6.45, 7) is 3.06. The van der Waals surface area contributed by atoms with Crippen LogP contribution in [0.1, 0.15) is 25.7 Å². The van der Waals surface area contributed by atoms with Crippen molar-refractivity contribution in [3.63, 3.8) is 0 Å². The number of aromatic nitrogens is 2. The highest BCUT2D eigenvalue weighted by atomic mass is 35.5. The molecular weight excluding hydrogens is 365 g/mol. The van der Waals surface area contributed by atoms with Gasteiger partial charge in [0.15, 0.2) is 0 Å². The maximum absolute atomic E-state index is 12.4. The van der Waals surface area contributed by atoms with Crippen molar-refractivity contribution in [1.82, 2.24) is 15.3 Å². The zero-order chi connectivity index (χ0) is 16.1. The quantitative estimate of drug-likeness (QED) is 0.799. The highest BCUT2D eigenvalue weighted by molar-refractivity contribution is 5.85. The number of nitrogens with zero attached hydrogens (tertiary/aromatic N) is 3. The van der Waals surface area contributed by atoms with Crippen LogP contribution < -0.4 is 16.0 Å². The van der Waals surface area contributed by atoms with E-state index in [2.05, 4.69) is 20.2 Å². The van der Waals surface area contributed by atoms with Gasteiger partial charge in [0.05, 0.1) is 6.04 Å². The van der Waals surface area contributed by atoms with Crippen LogP contribution in [0, 0.1) is 5.92 Å². The number of carbonyl (C=O) groups is 1. The summed E-state index contributed by atoms with van der Waals surface area (Å²) in [6, 6.07) is 1.47. The van der Waals surface area contributed by atoms with E-state index in [0.29, 0.717) is 13.2 Å². The highest BCUT2D eigenvalue weighted by Gasteiger charge is 2.29. The fourth-order valence-corrected chi connectivity index (χ4v) is 3.32. The number of anilines is 1. The molecule has 2 aliphatic rings. The second-order valence-electron chi connectivity index (χ2n) is 6.32. The second-order valence-corrected chi connectivity index (χ2v) is 6.32. The lowest BCUT2D eigenvalue weighted by atomic mass is 9.91. The molecule has 1 aromatic heterocycles. The Hall–Kier alpha value is -1.15. The van der Waals surface area contributed by atoms with Gasteiger partial charge in [-0.3, -0.25) is 4.79 Å². The number of hydrogen-bond donors (Lipinski definition) is 2. The van der Waals surface area contributed by atoms with Crippen LogP contribution in [0.25, 0.3) is 0 Å². The zero-order valence-corrected chi connectivity index (χ0v) is 15.8. The summed E-state index contributed by atoms with van der Waals surface area (Å²) in [5.74, 6) is 0.902. The van der Waals surface area contributed by atoms with Gasteiger partial charge in [0.1, 0.15) is 0 Å². The number of nitrogens with one attached hydrogen (secondary N) is 1. The zero-order valence-electron chi connectivity index (χ0n) is 14.2. The first kappa shape index (κ1) is 21.9. The third kappa shape index (κ3) is 5.95. The van der Waals surface area contributed by atoms with Crippen molar-refractivity contribution in [2.24, 2.45) is 11.7 Å². The van der Waals surface area contributed by atoms with Crippen LogP contribution in [0.5, 0.6) is 0 Å². The van der Waals surface area contributed by atoms with Crippen LogP contribution in [0.15, 0.2) is 18.5 Å². The molecule has 0 radical (unpaired) electrons. The lowest BCUT2D eigenvalue weighted by molar-refractivity contribution is -0.125. The number of rotatable bonds is 4. The SMILES string of the molecule is Cl.Cl.NC(C(=O)NC1CCCN(c2ncccn2)C1)C1CCOCC1. The molecule has 3 rings (SSSR count). The summed E-state index contributed by atoms with van der Waals surface area (Å²) < 4.78 is 5.33. The molecule has 0 bridgehead atoms. The van der Waals surface area contributed by atoms with Gasteiger partial charge in [0, 0.05) is 44.7 Å². The highest BCUT2D eigenvalue weighted by Crippen LogP contribution is 2.19. The molecule has 25 heavy (non-hydrogen) atoms. The molecule has 9 heteroatoms. The van der Waals surface area contributed by atoms with Gasteiger partial charge < -0.3 is 20.7 Å². The van der Waals surface area contributed by atoms with Gasteiger partial charge in [0.25, 0.3) is 0 Å². The van der Waals surface area contributed by atoms with Crippen molar-refractivity contribution in [3.05, 3.63) is 18.5 Å². The van der Waals surface area contributed by atoms with Gasteiger partial charge in [-0.05, 0) is 37.7 Å². The molecule has 1 aromatic rings. The largest absolute Gasteiger partial charge is 0.381 e. The fourth-order valence-electron chi connectivity index (χ4n) is 3.32. The average molecular weight is 392 g/mol. The molecule has 3 N–H and O–H groups in total. The van der Waals surface area contributed by atoms with E-state index in [4.69, 9.17) is 10.5 Å². The minimum absolute atomic E-state index is 0. The van der Waals surface area contributed by atoms with Gasteiger partial charge in [-0.1, -0.05) is 0 Å². The monoisotopic (exact) mass is 391 g/mol. The Morgan fingerprint density at radius 2 is 1.92 bits per heavy atom. The molecule has 1 amide bonds. The lowest BCUT2D eigenvalue weighted by Gasteiger charge is -2.34. The molecule has 3 heterocycles. The summed E-state index contributed by atoms with van der Waals surface area (Å²) in [6.07, 6.45) is 7.19. The normalized spacial score (nSPS) is 22.3. The molecule has 2 atom stereocenters. The number of amides is 1. The topological polar surface area (TPSA) is 93.4 Å². The Morgan fingerprint density at radius 1 is 1.24 bits per heavy atom. The third-order valence-corrected chi connectivity index (χ3v) is 4.68. The van der Waals surface area contributed by atoms with Crippen molar-refractivity contribution >= 4 is 36.7 Å². The molecule has 2 saturated heterocycles. The molecule has 0 spiro atoms. The average Bonchev–Trinajstić information content (AvgIpc) is 2.63. The van der Waals surface area contributed by atoms with E-state index in [-0.39, 0.29) is 42.7 Å². The van der Waals surface area contributed by atoms with Crippen LogP contribution >= 0.6 is 24.8 Å². The van der Waals surface area contributed by atoms with Crippen molar-refractivity contribution < 1.29 is 9.53 Å². The predicted molar refractivity (Wildman–Crippen MR) is 101 cm³/mol. The first-order chi connectivity index (χ1) is 11.2. The molecular formula is C16H27Cl2N5O2. The standard InChI is InChI=1S/C16H25N5O2.2ClH/c17-14(12-4-9-23-10-5-12)15(22)20-13-3-1-8-21(11-13)16-18-6-2-7-19-16;;/h2,6-7,12-14H,1,3-5,8-11,17H2,(H,20,22);2*1H. The van der Waals surface area contributed by atoms with Crippen LogP contribution in [-0.4, -0.2) is 54.3 Å².